The summed E-state index contributed by atoms with van der Waals surface area (Å²) in [5.74, 6) is 0. The number of rotatable bonds is 3. The predicted octanol–water partition coefficient (Wildman–Crippen LogP) is 3.51. The largest absolute Gasteiger partial charge is 0.298 e. The van der Waals surface area contributed by atoms with E-state index in [1.165, 1.54) is 61.9 Å². The fourth-order valence-corrected chi connectivity index (χ4v) is 3.67. The molecule has 1 saturated carbocycles. The first-order valence-corrected chi connectivity index (χ1v) is 8.31. The van der Waals surface area contributed by atoms with Gasteiger partial charge < -0.3 is 0 Å². The molecule has 1 aromatic carbocycles. The number of benzene rings is 1. The van der Waals surface area contributed by atoms with Crippen LogP contribution in [-0.4, -0.2) is 42.0 Å². The van der Waals surface area contributed by atoms with E-state index < -0.39 is 0 Å². The van der Waals surface area contributed by atoms with Gasteiger partial charge in [-0.25, -0.2) is 0 Å². The number of halogens is 1. The Morgan fingerprint density at radius 2 is 1.58 bits per heavy atom. The van der Waals surface area contributed by atoms with E-state index in [9.17, 15) is 0 Å². The van der Waals surface area contributed by atoms with Gasteiger partial charge in [0.25, 0.3) is 0 Å². The summed E-state index contributed by atoms with van der Waals surface area (Å²) < 4.78 is 1.17. The summed E-state index contributed by atoms with van der Waals surface area (Å²) in [6.07, 6.45) is 5.77. The molecule has 3 heteroatoms. The maximum absolute atomic E-state index is 3.50. The molecule has 2 nitrogen and oxygen atoms in total. The second-order valence-electron chi connectivity index (χ2n) is 5.88. The van der Waals surface area contributed by atoms with Crippen molar-refractivity contribution in [1.82, 2.24) is 9.80 Å². The predicted molar refractivity (Wildman–Crippen MR) is 83.2 cm³/mol. The van der Waals surface area contributed by atoms with Crippen LogP contribution in [0.2, 0.25) is 0 Å². The second-order valence-corrected chi connectivity index (χ2v) is 6.79. The van der Waals surface area contributed by atoms with Crippen molar-refractivity contribution >= 4 is 15.9 Å². The average Bonchev–Trinajstić information content (AvgIpc) is 2.96. The van der Waals surface area contributed by atoms with E-state index in [2.05, 4.69) is 50.0 Å². The van der Waals surface area contributed by atoms with Crippen molar-refractivity contribution in [2.45, 2.75) is 38.3 Å². The number of hydrogen-bond acceptors (Lipinski definition) is 2. The first kappa shape index (κ1) is 13.6. The molecule has 0 radical (unpaired) electrons. The Morgan fingerprint density at radius 3 is 2.21 bits per heavy atom. The molecule has 0 spiro atoms. The van der Waals surface area contributed by atoms with Gasteiger partial charge in [0, 0.05) is 43.2 Å². The zero-order chi connectivity index (χ0) is 13.1. The molecule has 0 unspecified atom stereocenters. The fourth-order valence-electron chi connectivity index (χ4n) is 3.40. The molecule has 1 saturated heterocycles. The number of hydrogen-bond donors (Lipinski definition) is 0. The van der Waals surface area contributed by atoms with Crippen LogP contribution in [0.15, 0.2) is 28.7 Å². The Bertz CT molecular complexity index is 390. The molecular weight excluding hydrogens is 300 g/mol. The van der Waals surface area contributed by atoms with E-state index >= 15 is 0 Å². The van der Waals surface area contributed by atoms with Crippen LogP contribution in [0.25, 0.3) is 0 Å². The van der Waals surface area contributed by atoms with Gasteiger partial charge in [-0.3, -0.25) is 9.80 Å². The zero-order valence-corrected chi connectivity index (χ0v) is 13.1. The highest BCUT2D eigenvalue weighted by Gasteiger charge is 2.25. The minimum absolute atomic E-state index is 0.898. The van der Waals surface area contributed by atoms with Crippen LogP contribution >= 0.6 is 15.9 Å². The summed E-state index contributed by atoms with van der Waals surface area (Å²) in [6, 6.07) is 9.64. The molecule has 0 N–H and O–H groups in total. The Labute approximate surface area is 124 Å². The van der Waals surface area contributed by atoms with Crippen molar-refractivity contribution in [2.24, 2.45) is 0 Å². The number of piperazine rings is 1. The van der Waals surface area contributed by atoms with Crippen molar-refractivity contribution < 1.29 is 0 Å². The average molecular weight is 323 g/mol. The lowest BCUT2D eigenvalue weighted by atomic mass is 10.1. The van der Waals surface area contributed by atoms with Gasteiger partial charge >= 0.3 is 0 Å². The monoisotopic (exact) mass is 322 g/mol. The molecule has 2 aliphatic rings. The summed E-state index contributed by atoms with van der Waals surface area (Å²) >= 11 is 3.50. The van der Waals surface area contributed by atoms with E-state index in [0.717, 1.165) is 12.6 Å². The number of nitrogens with zero attached hydrogens (tertiary/aromatic N) is 2. The van der Waals surface area contributed by atoms with Gasteiger partial charge in [0.2, 0.25) is 0 Å². The summed E-state index contributed by atoms with van der Waals surface area (Å²) in [7, 11) is 0. The molecule has 1 aliphatic heterocycles. The Kier molecular flexibility index (Phi) is 4.57. The molecule has 0 aromatic heterocycles. The topological polar surface area (TPSA) is 6.48 Å². The third-order valence-corrected chi connectivity index (χ3v) is 5.10. The molecule has 104 valence electrons. The molecule has 0 atom stereocenters. The molecule has 2 fully saturated rings. The fraction of sp³-hybridized carbons (Fsp3) is 0.625. The maximum atomic E-state index is 3.50. The lowest BCUT2D eigenvalue weighted by Crippen LogP contribution is -2.49. The van der Waals surface area contributed by atoms with E-state index in [-0.39, 0.29) is 0 Å². The van der Waals surface area contributed by atoms with Crippen LogP contribution < -0.4 is 0 Å². The van der Waals surface area contributed by atoms with Gasteiger partial charge in [-0.1, -0.05) is 40.9 Å². The van der Waals surface area contributed by atoms with Crippen molar-refractivity contribution in [1.29, 1.82) is 0 Å². The highest BCUT2D eigenvalue weighted by molar-refractivity contribution is 9.10. The van der Waals surface area contributed by atoms with Crippen molar-refractivity contribution in [3.05, 3.63) is 34.3 Å². The molecule has 19 heavy (non-hydrogen) atoms. The van der Waals surface area contributed by atoms with Crippen LogP contribution in [-0.2, 0) is 6.54 Å². The lowest BCUT2D eigenvalue weighted by molar-refractivity contribution is 0.0937. The van der Waals surface area contributed by atoms with Crippen LogP contribution in [0.5, 0.6) is 0 Å². The Morgan fingerprint density at radius 1 is 0.947 bits per heavy atom. The molecule has 0 bridgehead atoms. The summed E-state index contributed by atoms with van der Waals surface area (Å²) in [6.45, 7) is 6.09. The van der Waals surface area contributed by atoms with E-state index in [1.807, 2.05) is 0 Å². The normalized spacial score (nSPS) is 23.0. The third-order valence-electron chi connectivity index (χ3n) is 4.57. The summed E-state index contributed by atoms with van der Waals surface area (Å²) in [4.78, 5) is 5.32. The molecule has 1 aromatic rings. The van der Waals surface area contributed by atoms with Crippen LogP contribution in [0.4, 0.5) is 0 Å². The van der Waals surface area contributed by atoms with Crippen molar-refractivity contribution in [2.75, 3.05) is 26.2 Å². The van der Waals surface area contributed by atoms with Crippen LogP contribution in [0.1, 0.15) is 31.2 Å². The smallest absolute Gasteiger partial charge is 0.0234 e. The lowest BCUT2D eigenvalue weighted by Gasteiger charge is -2.38. The third kappa shape index (κ3) is 3.59. The quantitative estimate of drug-likeness (QED) is 0.840. The van der Waals surface area contributed by atoms with E-state index in [4.69, 9.17) is 0 Å². The summed E-state index contributed by atoms with van der Waals surface area (Å²) in [5, 5.41) is 0. The van der Waals surface area contributed by atoms with Gasteiger partial charge in [0.15, 0.2) is 0 Å². The zero-order valence-electron chi connectivity index (χ0n) is 11.5. The molecule has 1 aliphatic carbocycles. The second kappa shape index (κ2) is 6.38. The highest BCUT2D eigenvalue weighted by Crippen LogP contribution is 2.24. The maximum Gasteiger partial charge on any atom is 0.0234 e. The Balaban J connectivity index is 1.48. The van der Waals surface area contributed by atoms with Gasteiger partial charge in [-0.05, 0) is 30.5 Å². The molecule has 3 rings (SSSR count). The molecular formula is C16H23BrN2. The molecule has 1 heterocycles. The first-order valence-electron chi connectivity index (χ1n) is 7.52. The van der Waals surface area contributed by atoms with Gasteiger partial charge in [-0.15, -0.1) is 0 Å². The van der Waals surface area contributed by atoms with E-state index in [1.54, 1.807) is 0 Å². The van der Waals surface area contributed by atoms with Gasteiger partial charge in [0.1, 0.15) is 0 Å². The minimum Gasteiger partial charge on any atom is -0.298 e. The molecule has 0 amide bonds. The van der Waals surface area contributed by atoms with Gasteiger partial charge in [-0.2, -0.15) is 0 Å². The first-order chi connectivity index (χ1) is 9.31. The Hall–Kier alpha value is -0.380. The van der Waals surface area contributed by atoms with Gasteiger partial charge in [0.05, 0.1) is 0 Å². The SMILES string of the molecule is Brc1ccc(CN2CCN(C3CCCC3)CC2)cc1. The minimum atomic E-state index is 0.898. The van der Waals surface area contributed by atoms with E-state index in [0.29, 0.717) is 0 Å². The van der Waals surface area contributed by atoms with Crippen LogP contribution in [0.3, 0.4) is 0 Å². The van der Waals surface area contributed by atoms with Crippen molar-refractivity contribution in [3.8, 4) is 0 Å². The van der Waals surface area contributed by atoms with Crippen LogP contribution in [0, 0.1) is 0 Å². The van der Waals surface area contributed by atoms with Crippen molar-refractivity contribution in [3.63, 3.8) is 0 Å². The standard InChI is InChI=1S/C16H23BrN2/c17-15-7-5-14(6-8-15)13-18-9-11-19(12-10-18)16-3-1-2-4-16/h5-8,16H,1-4,9-13H2. The highest BCUT2D eigenvalue weighted by atomic mass is 79.9. The summed E-state index contributed by atoms with van der Waals surface area (Å²) in [5.41, 5.74) is 1.43.